The molecule has 2 aromatic rings. The van der Waals surface area contributed by atoms with Crippen LogP contribution in [0.1, 0.15) is 53.0 Å². The van der Waals surface area contributed by atoms with E-state index in [0.29, 0.717) is 18.0 Å². The number of ether oxygens (including phenoxy) is 2. The molecule has 4 atom stereocenters. The lowest BCUT2D eigenvalue weighted by molar-refractivity contribution is -0.160. The first-order valence-corrected chi connectivity index (χ1v) is 10.6. The Morgan fingerprint density at radius 1 is 1.21 bits per heavy atom. The first kappa shape index (κ1) is 18.3. The fourth-order valence-corrected chi connectivity index (χ4v) is 4.69. The average molecular weight is 386 g/mol. The summed E-state index contributed by atoms with van der Waals surface area (Å²) in [7, 11) is 0. The predicted molar refractivity (Wildman–Crippen MR) is 108 cm³/mol. The van der Waals surface area contributed by atoms with Crippen LogP contribution in [0.3, 0.4) is 0 Å². The lowest BCUT2D eigenvalue weighted by atomic mass is 10.1. The Morgan fingerprint density at radius 2 is 2.00 bits per heavy atom. The molecule has 2 N–H and O–H groups in total. The highest BCUT2D eigenvalue weighted by Crippen LogP contribution is 2.47. The van der Waals surface area contributed by atoms with Gasteiger partial charge in [-0.25, -0.2) is 9.97 Å². The van der Waals surface area contributed by atoms with E-state index in [4.69, 9.17) is 9.47 Å². The van der Waals surface area contributed by atoms with Gasteiger partial charge in [-0.3, -0.25) is 0 Å². The third-order valence-electron chi connectivity index (χ3n) is 6.12. The van der Waals surface area contributed by atoms with E-state index in [0.717, 1.165) is 29.8 Å². The molecule has 0 bridgehead atoms. The molecule has 3 aliphatic rings. The van der Waals surface area contributed by atoms with Crippen molar-refractivity contribution in [2.45, 2.75) is 83.1 Å². The third kappa shape index (κ3) is 3.29. The molecule has 0 radical (unpaired) electrons. The zero-order valence-corrected chi connectivity index (χ0v) is 17.2. The molecule has 3 heterocycles. The van der Waals surface area contributed by atoms with Gasteiger partial charge in [0.2, 0.25) is 0 Å². The molecular formula is C21H31N5O2. The van der Waals surface area contributed by atoms with Crippen molar-refractivity contribution < 1.29 is 9.47 Å². The van der Waals surface area contributed by atoms with E-state index >= 15 is 0 Å². The van der Waals surface area contributed by atoms with Crippen LogP contribution in [0.15, 0.2) is 18.6 Å². The van der Waals surface area contributed by atoms with E-state index in [1.807, 2.05) is 13.8 Å². The Labute approximate surface area is 166 Å². The number of nitrogens with one attached hydrogen (secondary N) is 2. The average Bonchev–Trinajstić information content (AvgIpc) is 3.11. The van der Waals surface area contributed by atoms with Crippen LogP contribution < -0.4 is 10.6 Å². The molecular weight excluding hydrogens is 354 g/mol. The van der Waals surface area contributed by atoms with Crippen molar-refractivity contribution in [3.8, 4) is 0 Å². The van der Waals surface area contributed by atoms with Crippen molar-refractivity contribution >= 4 is 16.9 Å². The highest BCUT2D eigenvalue weighted by Gasteiger charge is 2.54. The number of rotatable bonds is 6. The van der Waals surface area contributed by atoms with Gasteiger partial charge in [0.1, 0.15) is 23.9 Å². The Balaban J connectivity index is 1.46. The second-order valence-corrected chi connectivity index (χ2v) is 9.29. The summed E-state index contributed by atoms with van der Waals surface area (Å²) in [5.74, 6) is 0.825. The minimum absolute atomic E-state index is 0.0411. The Bertz CT molecular complexity index is 860. The van der Waals surface area contributed by atoms with Crippen LogP contribution >= 0.6 is 0 Å². The first-order valence-electron chi connectivity index (χ1n) is 10.6. The number of fused-ring (bicyclic) bond motifs is 2. The van der Waals surface area contributed by atoms with Crippen LogP contribution in [0.25, 0.3) is 11.0 Å². The summed E-state index contributed by atoms with van der Waals surface area (Å²) in [6.45, 7) is 9.35. The van der Waals surface area contributed by atoms with Crippen molar-refractivity contribution in [3.05, 3.63) is 18.6 Å². The van der Waals surface area contributed by atoms with Crippen LogP contribution in [0.5, 0.6) is 0 Å². The van der Waals surface area contributed by atoms with Gasteiger partial charge in [0.05, 0.1) is 17.5 Å². The lowest BCUT2D eigenvalue weighted by Crippen LogP contribution is -2.35. The number of aromatic nitrogens is 3. The summed E-state index contributed by atoms with van der Waals surface area (Å²) in [6, 6.07) is 3.38. The minimum atomic E-state index is -0.541. The molecule has 2 aliphatic carbocycles. The summed E-state index contributed by atoms with van der Waals surface area (Å²) in [5.41, 5.74) is 0.979. The van der Waals surface area contributed by atoms with Gasteiger partial charge in [-0.2, -0.15) is 0 Å². The molecule has 5 rings (SSSR count). The van der Waals surface area contributed by atoms with Crippen LogP contribution in [-0.2, 0) is 9.47 Å². The van der Waals surface area contributed by atoms with Gasteiger partial charge in [0.25, 0.3) is 0 Å². The molecule has 1 unspecified atom stereocenters. The molecule has 2 saturated carbocycles. The second kappa shape index (κ2) is 6.68. The number of nitrogens with zero attached hydrogens (tertiary/aromatic N) is 3. The highest BCUT2D eigenvalue weighted by molar-refractivity contribution is 5.87. The predicted octanol–water partition coefficient (Wildman–Crippen LogP) is 3.08. The SMILES string of the molecule is CC(C)NC[C@H]1CC(n2ccc3c(NC4CC4)ncnc32)[C@@H]2OC(C)(C)O[C@H]12. The zero-order chi connectivity index (χ0) is 19.5. The van der Waals surface area contributed by atoms with Gasteiger partial charge in [-0.15, -0.1) is 0 Å². The van der Waals surface area contributed by atoms with E-state index in [1.54, 1.807) is 6.33 Å². The molecule has 2 aromatic heterocycles. The number of hydrogen-bond acceptors (Lipinski definition) is 6. The maximum Gasteiger partial charge on any atom is 0.163 e. The van der Waals surface area contributed by atoms with Gasteiger partial charge in [-0.1, -0.05) is 13.8 Å². The van der Waals surface area contributed by atoms with E-state index < -0.39 is 5.79 Å². The quantitative estimate of drug-likeness (QED) is 0.796. The fraction of sp³-hybridized carbons (Fsp3) is 0.714. The summed E-state index contributed by atoms with van der Waals surface area (Å²) < 4.78 is 15.0. The van der Waals surface area contributed by atoms with E-state index in [1.165, 1.54) is 12.8 Å². The molecule has 28 heavy (non-hydrogen) atoms. The largest absolute Gasteiger partial charge is 0.367 e. The summed E-state index contributed by atoms with van der Waals surface area (Å²) >= 11 is 0. The third-order valence-corrected chi connectivity index (χ3v) is 6.12. The van der Waals surface area contributed by atoms with Crippen molar-refractivity contribution in [3.63, 3.8) is 0 Å². The molecule has 0 aromatic carbocycles. The zero-order valence-electron chi connectivity index (χ0n) is 17.2. The number of hydrogen-bond donors (Lipinski definition) is 2. The summed E-state index contributed by atoms with van der Waals surface area (Å²) in [5, 5.41) is 8.21. The lowest BCUT2D eigenvalue weighted by Gasteiger charge is -2.25. The molecule has 152 valence electrons. The van der Waals surface area contributed by atoms with Gasteiger partial charge >= 0.3 is 0 Å². The smallest absolute Gasteiger partial charge is 0.163 e. The maximum atomic E-state index is 6.37. The highest BCUT2D eigenvalue weighted by atomic mass is 16.8. The van der Waals surface area contributed by atoms with Crippen molar-refractivity contribution in [2.75, 3.05) is 11.9 Å². The Morgan fingerprint density at radius 3 is 2.75 bits per heavy atom. The molecule has 0 amide bonds. The molecule has 7 heteroatoms. The normalized spacial score (nSPS) is 31.6. The molecule has 1 saturated heterocycles. The molecule has 7 nitrogen and oxygen atoms in total. The maximum absolute atomic E-state index is 6.37. The topological polar surface area (TPSA) is 73.2 Å². The first-order chi connectivity index (χ1) is 13.4. The monoisotopic (exact) mass is 385 g/mol. The van der Waals surface area contributed by atoms with Crippen molar-refractivity contribution in [1.29, 1.82) is 0 Å². The van der Waals surface area contributed by atoms with Crippen molar-refractivity contribution in [2.24, 2.45) is 5.92 Å². The molecule has 1 aliphatic heterocycles. The molecule has 0 spiro atoms. The van der Waals surface area contributed by atoms with E-state index in [-0.39, 0.29) is 18.2 Å². The number of anilines is 1. The van der Waals surface area contributed by atoms with E-state index in [2.05, 4.69) is 51.3 Å². The fourth-order valence-electron chi connectivity index (χ4n) is 4.69. The van der Waals surface area contributed by atoms with E-state index in [9.17, 15) is 0 Å². The Kier molecular flexibility index (Phi) is 4.37. The van der Waals surface area contributed by atoms with Crippen LogP contribution in [-0.4, -0.2) is 51.2 Å². The standard InChI is InChI=1S/C21H31N5O2/c1-12(2)22-10-13-9-16(18-17(13)27-21(3,4)28-18)26-8-7-15-19(25-14-5-6-14)23-11-24-20(15)26/h7-8,11-14,16-18,22H,5-6,9-10H2,1-4H3,(H,23,24,25)/t13-,16?,17-,18+/m1/s1. The van der Waals surface area contributed by atoms with Gasteiger partial charge in [0.15, 0.2) is 5.79 Å². The summed E-state index contributed by atoms with van der Waals surface area (Å²) in [6.07, 6.45) is 7.43. The molecule has 3 fully saturated rings. The minimum Gasteiger partial charge on any atom is -0.367 e. The van der Waals surface area contributed by atoms with Crippen LogP contribution in [0, 0.1) is 5.92 Å². The Hall–Kier alpha value is -1.70. The van der Waals surface area contributed by atoms with Crippen molar-refractivity contribution in [1.82, 2.24) is 19.9 Å². The van der Waals surface area contributed by atoms with Gasteiger partial charge in [-0.05, 0) is 39.2 Å². The van der Waals surface area contributed by atoms with Gasteiger partial charge in [0, 0.05) is 30.7 Å². The van der Waals surface area contributed by atoms with Gasteiger partial charge < -0.3 is 24.7 Å². The van der Waals surface area contributed by atoms with Crippen LogP contribution in [0.2, 0.25) is 0 Å². The second-order valence-electron chi connectivity index (χ2n) is 9.29. The van der Waals surface area contributed by atoms with Crippen LogP contribution in [0.4, 0.5) is 5.82 Å². The summed E-state index contributed by atoms with van der Waals surface area (Å²) in [4.78, 5) is 9.10.